The fraction of sp³-hybridized carbons (Fsp3) is 0.625. The topological polar surface area (TPSA) is 317 Å². The maximum absolute atomic E-state index is 11.3. The number of nitrogens with two attached hydrogens (primary N) is 6. The van der Waals surface area contributed by atoms with E-state index in [-0.39, 0.29) is 12.8 Å². The van der Waals surface area contributed by atoms with Crippen molar-refractivity contribution in [3.8, 4) is 0 Å². The average Bonchev–Trinajstić information content (AvgIpc) is 2.68. The fourth-order valence-electron chi connectivity index (χ4n) is 1.50. The van der Waals surface area contributed by atoms with E-state index in [0.717, 1.165) is 0 Å². The summed E-state index contributed by atoms with van der Waals surface area (Å²) in [6.45, 7) is 0.859. The number of amides is 2. The molecule has 0 saturated carbocycles. The second-order valence-electron chi connectivity index (χ2n) is 6.47. The maximum atomic E-state index is 11.3. The highest BCUT2D eigenvalue weighted by Crippen LogP contribution is 1.99. The van der Waals surface area contributed by atoms with Crippen molar-refractivity contribution in [1.29, 1.82) is 0 Å². The number of rotatable bonds is 12. The van der Waals surface area contributed by atoms with Gasteiger partial charge in [-0.1, -0.05) is 0 Å². The van der Waals surface area contributed by atoms with Crippen LogP contribution in [-0.4, -0.2) is 82.8 Å². The minimum Gasteiger partial charge on any atom is -0.480 e. The summed E-state index contributed by atoms with van der Waals surface area (Å²) >= 11 is 0. The van der Waals surface area contributed by atoms with Gasteiger partial charge in [-0.25, -0.2) is 9.59 Å². The summed E-state index contributed by atoms with van der Waals surface area (Å²) in [7, 11) is 0. The van der Waals surface area contributed by atoms with Crippen molar-refractivity contribution in [2.24, 2.45) is 34.4 Å². The van der Waals surface area contributed by atoms with Gasteiger partial charge in [0, 0.05) is 6.42 Å². The predicted octanol–water partition coefficient (Wildman–Crippen LogP) is -5.50. The van der Waals surface area contributed by atoms with E-state index in [9.17, 15) is 28.8 Å². The number of esters is 3. The van der Waals surface area contributed by atoms with E-state index < -0.39 is 79.0 Å². The van der Waals surface area contributed by atoms with Crippen LogP contribution in [0.3, 0.4) is 0 Å². The van der Waals surface area contributed by atoms with E-state index in [1.54, 1.807) is 0 Å². The Morgan fingerprint density at radius 3 is 1.72 bits per heavy atom. The van der Waals surface area contributed by atoms with E-state index in [2.05, 4.69) is 9.47 Å². The minimum atomic E-state index is -1.32. The van der Waals surface area contributed by atoms with E-state index in [1.807, 2.05) is 0 Å². The van der Waals surface area contributed by atoms with Gasteiger partial charge in [0.15, 0.2) is 0 Å². The summed E-state index contributed by atoms with van der Waals surface area (Å²) in [6.07, 6.45) is -1.66. The van der Waals surface area contributed by atoms with Crippen LogP contribution in [0.15, 0.2) is 0 Å². The van der Waals surface area contributed by atoms with Crippen molar-refractivity contribution in [2.45, 2.75) is 56.5 Å². The SMILES string of the molecule is C[C@@H](O)[C@H](N)C(=O)OC[C@H](N)C(=O)O.NC(=O)CC[C@H](N)C(=O)OC(=O)[C@@H](N)CC(N)=O. The molecule has 16 nitrogen and oxygen atoms in total. The Bertz CT molecular complexity index is 686. The van der Waals surface area contributed by atoms with Crippen LogP contribution in [-0.2, 0) is 38.2 Å². The number of hydrogen-bond acceptors (Lipinski definition) is 13. The Morgan fingerprint density at radius 1 is 0.812 bits per heavy atom. The van der Waals surface area contributed by atoms with Gasteiger partial charge < -0.3 is 54.1 Å². The highest BCUT2D eigenvalue weighted by molar-refractivity contribution is 5.93. The van der Waals surface area contributed by atoms with Crippen molar-refractivity contribution >= 4 is 35.7 Å². The predicted molar refractivity (Wildman–Crippen MR) is 106 cm³/mol. The van der Waals surface area contributed by atoms with E-state index in [4.69, 9.17) is 44.6 Å². The second kappa shape index (κ2) is 15.6. The molecule has 14 N–H and O–H groups in total. The lowest BCUT2D eigenvalue weighted by Crippen LogP contribution is -2.44. The number of carbonyl (C=O) groups is 6. The van der Waals surface area contributed by atoms with Crippen molar-refractivity contribution in [1.82, 2.24) is 0 Å². The molecule has 0 aromatic heterocycles. The van der Waals surface area contributed by atoms with Crippen molar-refractivity contribution in [3.63, 3.8) is 0 Å². The van der Waals surface area contributed by atoms with Gasteiger partial charge in [-0.05, 0) is 13.3 Å². The van der Waals surface area contributed by atoms with Gasteiger partial charge in [0.25, 0.3) is 0 Å². The summed E-state index contributed by atoms with van der Waals surface area (Å²) in [5, 5.41) is 17.2. The van der Waals surface area contributed by atoms with Crippen LogP contribution in [0.2, 0.25) is 0 Å². The van der Waals surface area contributed by atoms with Gasteiger partial charge >= 0.3 is 23.9 Å². The minimum absolute atomic E-state index is 0.0491. The number of aliphatic hydroxyl groups excluding tert-OH is 1. The van der Waals surface area contributed by atoms with E-state index in [1.165, 1.54) is 6.92 Å². The number of primary amides is 2. The summed E-state index contributed by atoms with van der Waals surface area (Å²) in [5.74, 6) is -5.73. The number of hydrogen-bond donors (Lipinski definition) is 8. The average molecular weight is 466 g/mol. The third-order valence-corrected chi connectivity index (χ3v) is 3.44. The lowest BCUT2D eigenvalue weighted by Gasteiger charge is -2.14. The van der Waals surface area contributed by atoms with Gasteiger partial charge in [0.2, 0.25) is 11.8 Å². The zero-order chi connectivity index (χ0) is 25.6. The van der Waals surface area contributed by atoms with Gasteiger partial charge in [-0.2, -0.15) is 0 Å². The lowest BCUT2D eigenvalue weighted by atomic mass is 10.1. The van der Waals surface area contributed by atoms with E-state index in [0.29, 0.717) is 0 Å². The molecule has 184 valence electrons. The van der Waals surface area contributed by atoms with Gasteiger partial charge in [-0.3, -0.25) is 19.2 Å². The molecule has 16 heteroatoms. The molecular formula is C16H30N6O10. The molecule has 2 amide bonds. The van der Waals surface area contributed by atoms with Crippen LogP contribution >= 0.6 is 0 Å². The Balaban J connectivity index is 0. The summed E-state index contributed by atoms with van der Waals surface area (Å²) in [5.41, 5.74) is 30.5. The number of aliphatic carboxylic acids is 1. The fourth-order valence-corrected chi connectivity index (χ4v) is 1.50. The number of ether oxygens (including phenoxy) is 2. The first-order valence-corrected chi connectivity index (χ1v) is 9.02. The van der Waals surface area contributed by atoms with Crippen LogP contribution in [0.1, 0.15) is 26.2 Å². The zero-order valence-corrected chi connectivity index (χ0v) is 17.3. The number of aliphatic hydroxyl groups is 1. The monoisotopic (exact) mass is 466 g/mol. The Morgan fingerprint density at radius 2 is 1.31 bits per heavy atom. The van der Waals surface area contributed by atoms with Gasteiger partial charge in [0.1, 0.15) is 30.8 Å². The van der Waals surface area contributed by atoms with Crippen LogP contribution in [0.4, 0.5) is 0 Å². The first kappa shape index (κ1) is 31.0. The molecular weight excluding hydrogens is 436 g/mol. The summed E-state index contributed by atoms with van der Waals surface area (Å²) in [6, 6.07) is -4.95. The number of carboxylic acids is 1. The first-order chi connectivity index (χ1) is 14.6. The number of carbonyl (C=O) groups excluding carboxylic acids is 5. The van der Waals surface area contributed by atoms with Crippen LogP contribution in [0.25, 0.3) is 0 Å². The van der Waals surface area contributed by atoms with Crippen LogP contribution < -0.4 is 34.4 Å². The third kappa shape index (κ3) is 14.7. The van der Waals surface area contributed by atoms with Crippen LogP contribution in [0.5, 0.6) is 0 Å². The Labute approximate surface area is 182 Å². The molecule has 0 bridgehead atoms. The molecule has 0 rings (SSSR count). The molecule has 5 atom stereocenters. The molecule has 0 radical (unpaired) electrons. The lowest BCUT2D eigenvalue weighted by molar-refractivity contribution is -0.162. The van der Waals surface area contributed by atoms with Gasteiger partial charge in [-0.15, -0.1) is 0 Å². The van der Waals surface area contributed by atoms with Crippen molar-refractivity contribution < 1.29 is 48.5 Å². The van der Waals surface area contributed by atoms with Gasteiger partial charge in [0.05, 0.1) is 12.5 Å². The van der Waals surface area contributed by atoms with Crippen LogP contribution in [0, 0.1) is 0 Å². The molecule has 0 spiro atoms. The van der Waals surface area contributed by atoms with Crippen molar-refractivity contribution in [3.05, 3.63) is 0 Å². The second-order valence-corrected chi connectivity index (χ2v) is 6.47. The molecule has 0 aliphatic heterocycles. The molecule has 0 unspecified atom stereocenters. The van der Waals surface area contributed by atoms with E-state index >= 15 is 0 Å². The quantitative estimate of drug-likeness (QED) is 0.0982. The maximum Gasteiger partial charge on any atom is 0.331 e. The molecule has 0 aliphatic carbocycles. The first-order valence-electron chi connectivity index (χ1n) is 9.02. The third-order valence-electron chi connectivity index (χ3n) is 3.44. The Hall–Kier alpha value is -3.18. The zero-order valence-electron chi connectivity index (χ0n) is 17.3. The van der Waals surface area contributed by atoms with Crippen molar-refractivity contribution in [2.75, 3.05) is 6.61 Å². The molecule has 0 aromatic carbocycles. The summed E-state index contributed by atoms with van der Waals surface area (Å²) < 4.78 is 8.78. The summed E-state index contributed by atoms with van der Waals surface area (Å²) in [4.78, 5) is 64.6. The molecule has 0 aliphatic rings. The smallest absolute Gasteiger partial charge is 0.331 e. The molecule has 0 saturated heterocycles. The molecule has 0 fully saturated rings. The molecule has 0 heterocycles. The standard InChI is InChI=1S/C9H16N4O5.C7H14N2O5/c10-4(1-2-6(12)14)8(16)18-9(17)5(11)3-7(13)15;1-3(10)5(9)7(13)14-2-4(8)6(11)12/h4-5H,1-3,10-11H2,(H2,12,14)(H2,13,15);3-5,10H,2,8-9H2,1H3,(H,11,12)/t4-,5-;3-,4+,5+/m01/s1. The highest BCUT2D eigenvalue weighted by Gasteiger charge is 2.24. The normalized spacial score (nSPS) is 14.9. The molecule has 32 heavy (non-hydrogen) atoms. The Kier molecular flexibility index (Phi) is 15.1. The molecule has 0 aromatic rings. The largest absolute Gasteiger partial charge is 0.480 e. The number of carboxylic acid groups (broad SMARTS) is 1. The highest BCUT2D eigenvalue weighted by atomic mass is 16.6.